The molecule has 2 rings (SSSR count). The van der Waals surface area contributed by atoms with Crippen molar-refractivity contribution >= 4 is 17.5 Å². The maximum Gasteiger partial charge on any atom is 0.252 e. The van der Waals surface area contributed by atoms with Crippen LogP contribution in [0.25, 0.3) is 0 Å². The Morgan fingerprint density at radius 3 is 2.22 bits per heavy atom. The molecule has 2 aromatic carbocycles. The van der Waals surface area contributed by atoms with Crippen LogP contribution in [0.5, 0.6) is 0 Å². The molecule has 0 heterocycles. The molecule has 5 nitrogen and oxygen atoms in total. The second kappa shape index (κ2) is 6.79. The van der Waals surface area contributed by atoms with Gasteiger partial charge in [0.2, 0.25) is 5.54 Å². The molecule has 1 atom stereocenters. The molecule has 0 aliphatic carbocycles. The monoisotopic (exact) mass is 332 g/mol. The van der Waals surface area contributed by atoms with E-state index in [2.05, 4.69) is 5.32 Å². The van der Waals surface area contributed by atoms with E-state index in [9.17, 15) is 14.9 Å². The topological polar surface area (TPSA) is 72.2 Å². The van der Waals surface area contributed by atoms with Crippen LogP contribution in [-0.2, 0) is 0 Å². The first kappa shape index (κ1) is 17.0. The third-order valence-electron chi connectivity index (χ3n) is 3.69. The van der Waals surface area contributed by atoms with Gasteiger partial charge in [0.15, 0.2) is 0 Å². The summed E-state index contributed by atoms with van der Waals surface area (Å²) in [4.78, 5) is 23.5. The van der Waals surface area contributed by atoms with Gasteiger partial charge in [0.1, 0.15) is 6.04 Å². The first-order valence-electron chi connectivity index (χ1n) is 7.08. The average Bonchev–Trinajstić information content (AvgIpc) is 2.54. The first-order valence-corrected chi connectivity index (χ1v) is 7.46. The molecular formula is C17H17ClN2O3. The van der Waals surface area contributed by atoms with Crippen molar-refractivity contribution in [1.29, 1.82) is 0 Å². The van der Waals surface area contributed by atoms with Gasteiger partial charge in [-0.05, 0) is 29.8 Å². The summed E-state index contributed by atoms with van der Waals surface area (Å²) in [5.74, 6) is -0.361. The van der Waals surface area contributed by atoms with Crippen LogP contribution in [0.3, 0.4) is 0 Å². The lowest BCUT2D eigenvalue weighted by molar-refractivity contribution is -0.566. The Hall–Kier alpha value is -2.40. The number of benzene rings is 2. The number of carbonyl (C=O) groups excluding carboxylic acids is 1. The normalized spacial score (nSPS) is 12.5. The van der Waals surface area contributed by atoms with Crippen LogP contribution in [0.15, 0.2) is 54.6 Å². The SMILES string of the molecule is CC(C)(C(NC(=O)c1ccccc1)c1ccc(Cl)cc1)[N+](=O)[O-]. The lowest BCUT2D eigenvalue weighted by Gasteiger charge is -2.28. The molecule has 0 saturated heterocycles. The molecule has 0 bridgehead atoms. The number of rotatable bonds is 5. The molecule has 0 aromatic heterocycles. The minimum Gasteiger partial charge on any atom is -0.338 e. The van der Waals surface area contributed by atoms with Crippen molar-refractivity contribution in [1.82, 2.24) is 5.32 Å². The minimum atomic E-state index is -1.38. The summed E-state index contributed by atoms with van der Waals surface area (Å²) in [6.07, 6.45) is 0. The van der Waals surface area contributed by atoms with Gasteiger partial charge in [-0.25, -0.2) is 0 Å². The number of nitrogens with one attached hydrogen (secondary N) is 1. The zero-order valence-corrected chi connectivity index (χ0v) is 13.6. The van der Waals surface area contributed by atoms with Gasteiger partial charge in [-0.15, -0.1) is 0 Å². The summed E-state index contributed by atoms with van der Waals surface area (Å²) in [6.45, 7) is 2.97. The zero-order chi connectivity index (χ0) is 17.0. The van der Waals surface area contributed by atoms with E-state index in [1.54, 1.807) is 54.6 Å². The summed E-state index contributed by atoms with van der Waals surface area (Å²) in [5.41, 5.74) is -0.302. The van der Waals surface area contributed by atoms with Crippen molar-refractivity contribution in [2.75, 3.05) is 0 Å². The number of nitrogens with zero attached hydrogens (tertiary/aromatic N) is 1. The zero-order valence-electron chi connectivity index (χ0n) is 12.8. The van der Waals surface area contributed by atoms with Crippen LogP contribution in [0.1, 0.15) is 35.8 Å². The van der Waals surface area contributed by atoms with Crippen molar-refractivity contribution in [2.24, 2.45) is 0 Å². The second-order valence-corrected chi connectivity index (χ2v) is 6.17. The fourth-order valence-corrected chi connectivity index (χ4v) is 2.36. The Morgan fingerprint density at radius 2 is 1.70 bits per heavy atom. The van der Waals surface area contributed by atoms with E-state index >= 15 is 0 Å². The highest BCUT2D eigenvalue weighted by molar-refractivity contribution is 6.30. The molecule has 0 spiro atoms. The highest BCUT2D eigenvalue weighted by atomic mass is 35.5. The van der Waals surface area contributed by atoms with Gasteiger partial charge in [-0.1, -0.05) is 41.9 Å². The molecule has 0 radical (unpaired) electrons. The number of carbonyl (C=O) groups is 1. The molecule has 23 heavy (non-hydrogen) atoms. The molecule has 120 valence electrons. The van der Waals surface area contributed by atoms with Gasteiger partial charge >= 0.3 is 0 Å². The van der Waals surface area contributed by atoms with Gasteiger partial charge in [-0.3, -0.25) is 14.9 Å². The van der Waals surface area contributed by atoms with E-state index in [-0.39, 0.29) is 5.91 Å². The van der Waals surface area contributed by atoms with Crippen molar-refractivity contribution < 1.29 is 9.72 Å². The van der Waals surface area contributed by atoms with Gasteiger partial charge in [-0.2, -0.15) is 0 Å². The quantitative estimate of drug-likeness (QED) is 0.667. The number of nitro groups is 1. The smallest absolute Gasteiger partial charge is 0.252 e. The lowest BCUT2D eigenvalue weighted by atomic mass is 9.89. The summed E-state index contributed by atoms with van der Waals surface area (Å²) in [5, 5.41) is 14.7. The molecule has 1 unspecified atom stereocenters. The number of hydrogen-bond donors (Lipinski definition) is 1. The molecule has 6 heteroatoms. The molecule has 0 aliphatic rings. The van der Waals surface area contributed by atoms with E-state index in [0.717, 1.165) is 0 Å². The van der Waals surface area contributed by atoms with E-state index in [4.69, 9.17) is 11.6 Å². The fraction of sp³-hybridized carbons (Fsp3) is 0.235. The van der Waals surface area contributed by atoms with Crippen molar-refractivity contribution in [3.05, 3.63) is 80.9 Å². The highest BCUT2D eigenvalue weighted by Crippen LogP contribution is 2.29. The van der Waals surface area contributed by atoms with Crippen LogP contribution in [0.2, 0.25) is 5.02 Å². The summed E-state index contributed by atoms with van der Waals surface area (Å²) < 4.78 is 0. The Morgan fingerprint density at radius 1 is 1.13 bits per heavy atom. The maximum absolute atomic E-state index is 12.4. The van der Waals surface area contributed by atoms with E-state index in [0.29, 0.717) is 16.1 Å². The second-order valence-electron chi connectivity index (χ2n) is 5.73. The van der Waals surface area contributed by atoms with E-state index in [1.807, 2.05) is 0 Å². The molecule has 0 saturated carbocycles. The van der Waals surface area contributed by atoms with Crippen molar-refractivity contribution in [3.8, 4) is 0 Å². The van der Waals surface area contributed by atoms with Gasteiger partial charge in [0.05, 0.1) is 0 Å². The van der Waals surface area contributed by atoms with E-state index < -0.39 is 16.5 Å². The first-order chi connectivity index (χ1) is 10.8. The molecule has 0 fully saturated rings. The fourth-order valence-electron chi connectivity index (χ4n) is 2.23. The van der Waals surface area contributed by atoms with E-state index in [1.165, 1.54) is 13.8 Å². The van der Waals surface area contributed by atoms with Crippen LogP contribution in [0.4, 0.5) is 0 Å². The Balaban J connectivity index is 2.36. The maximum atomic E-state index is 12.4. The third kappa shape index (κ3) is 3.87. The number of hydrogen-bond acceptors (Lipinski definition) is 3. The Kier molecular flexibility index (Phi) is 5.01. The summed E-state index contributed by atoms with van der Waals surface area (Å²) >= 11 is 5.87. The van der Waals surface area contributed by atoms with Gasteiger partial charge in [0, 0.05) is 29.4 Å². The predicted molar refractivity (Wildman–Crippen MR) is 89.2 cm³/mol. The van der Waals surface area contributed by atoms with Crippen LogP contribution in [-0.4, -0.2) is 16.4 Å². The Bertz CT molecular complexity index is 700. The van der Waals surface area contributed by atoms with Gasteiger partial charge < -0.3 is 5.32 Å². The largest absolute Gasteiger partial charge is 0.338 e. The molecular weight excluding hydrogens is 316 g/mol. The molecule has 2 aromatic rings. The standard InChI is InChI=1S/C17H17ClN2O3/c1-17(2,20(22)23)15(12-8-10-14(18)11-9-12)19-16(21)13-6-4-3-5-7-13/h3-11,15H,1-2H3,(H,19,21). The summed E-state index contributed by atoms with van der Waals surface area (Å²) in [7, 11) is 0. The van der Waals surface area contributed by atoms with Crippen LogP contribution < -0.4 is 5.32 Å². The number of amides is 1. The number of halogens is 1. The van der Waals surface area contributed by atoms with Crippen LogP contribution in [0, 0.1) is 10.1 Å². The van der Waals surface area contributed by atoms with Gasteiger partial charge in [0.25, 0.3) is 5.91 Å². The van der Waals surface area contributed by atoms with Crippen molar-refractivity contribution in [2.45, 2.75) is 25.4 Å². The average molecular weight is 333 g/mol. The highest BCUT2D eigenvalue weighted by Gasteiger charge is 2.43. The van der Waals surface area contributed by atoms with Crippen molar-refractivity contribution in [3.63, 3.8) is 0 Å². The predicted octanol–water partition coefficient (Wildman–Crippen LogP) is 3.87. The third-order valence-corrected chi connectivity index (χ3v) is 3.94. The Labute approximate surface area is 139 Å². The lowest BCUT2D eigenvalue weighted by Crippen LogP contribution is -2.47. The molecule has 1 N–H and O–H groups in total. The van der Waals surface area contributed by atoms with Crippen LogP contribution >= 0.6 is 11.6 Å². The molecule has 1 amide bonds. The molecule has 0 aliphatic heterocycles. The summed E-state index contributed by atoms with van der Waals surface area (Å²) in [6, 6.07) is 14.5. The minimum absolute atomic E-state index is 0.361.